The number of carbonyl (C=O) groups excluding carboxylic acids is 3. The molecule has 0 saturated carbocycles. The monoisotopic (exact) mass is 283 g/mol. The van der Waals surface area contributed by atoms with Crippen LogP contribution in [-0.2, 0) is 14.3 Å². The molecule has 1 atom stereocenters. The Morgan fingerprint density at radius 2 is 1.95 bits per heavy atom. The van der Waals surface area contributed by atoms with Gasteiger partial charge >= 0.3 is 12.1 Å². The number of halogens is 1. The molecule has 1 aromatic carbocycles. The smallest absolute Gasteiger partial charge is 0.413 e. The molecule has 6 nitrogen and oxygen atoms in total. The second-order valence-corrected chi connectivity index (χ2v) is 3.99. The quantitative estimate of drug-likeness (QED) is 0.851. The van der Waals surface area contributed by atoms with Crippen molar-refractivity contribution < 1.29 is 28.2 Å². The number of carbonyl (C=O) groups is 3. The van der Waals surface area contributed by atoms with Gasteiger partial charge in [0.2, 0.25) is 0 Å². The predicted octanol–water partition coefficient (Wildman–Crippen LogP) is 1.56. The molecule has 0 aliphatic carbocycles. The zero-order valence-electron chi connectivity index (χ0n) is 11.2. The van der Waals surface area contributed by atoms with Crippen LogP contribution in [0.4, 0.5) is 9.18 Å². The number of rotatable bonds is 3. The lowest BCUT2D eigenvalue weighted by atomic mass is 10.1. The lowest BCUT2D eigenvalue weighted by Gasteiger charge is -2.12. The van der Waals surface area contributed by atoms with E-state index in [1.165, 1.54) is 19.1 Å². The maximum atomic E-state index is 13.3. The van der Waals surface area contributed by atoms with Crippen LogP contribution < -0.4 is 5.32 Å². The first-order valence-electron chi connectivity index (χ1n) is 5.71. The zero-order chi connectivity index (χ0) is 15.3. The molecule has 1 aromatic rings. The van der Waals surface area contributed by atoms with Crippen molar-refractivity contribution in [2.45, 2.75) is 20.0 Å². The Balaban J connectivity index is 2.67. The molecule has 0 spiro atoms. The topological polar surface area (TPSA) is 81.7 Å². The molecule has 2 amide bonds. The molecule has 0 aliphatic rings. The summed E-state index contributed by atoms with van der Waals surface area (Å²) in [5.74, 6) is -2.25. The van der Waals surface area contributed by atoms with E-state index in [9.17, 15) is 18.8 Å². The van der Waals surface area contributed by atoms with Crippen molar-refractivity contribution in [1.29, 1.82) is 0 Å². The maximum absolute atomic E-state index is 13.3. The summed E-state index contributed by atoms with van der Waals surface area (Å²) in [7, 11) is 1.09. The molecule has 1 N–H and O–H groups in total. The molecule has 108 valence electrons. The third kappa shape index (κ3) is 4.04. The number of amides is 2. The fourth-order valence-electron chi connectivity index (χ4n) is 1.26. The molecule has 0 aliphatic heterocycles. The standard InChI is InChI=1S/C13H14FNO5/c1-7-4-5-9(6-10(7)14)12(17)20-8(2)11(16)15-13(18)19-3/h4-6,8H,1-3H3,(H,15,16,18)/t8-/m1/s1. The van der Waals surface area contributed by atoms with E-state index in [0.717, 1.165) is 13.2 Å². The van der Waals surface area contributed by atoms with Gasteiger partial charge in [-0.05, 0) is 31.5 Å². The summed E-state index contributed by atoms with van der Waals surface area (Å²) in [6.45, 7) is 2.83. The van der Waals surface area contributed by atoms with Crippen molar-refractivity contribution >= 4 is 18.0 Å². The van der Waals surface area contributed by atoms with E-state index in [4.69, 9.17) is 4.74 Å². The highest BCUT2D eigenvalue weighted by Gasteiger charge is 2.21. The van der Waals surface area contributed by atoms with E-state index in [2.05, 4.69) is 4.74 Å². The summed E-state index contributed by atoms with van der Waals surface area (Å²) in [6.07, 6.45) is -2.18. The average molecular weight is 283 g/mol. The van der Waals surface area contributed by atoms with Crippen LogP contribution in [0.15, 0.2) is 18.2 Å². The minimum Gasteiger partial charge on any atom is -0.453 e. The van der Waals surface area contributed by atoms with E-state index in [1.54, 1.807) is 6.92 Å². The molecule has 0 unspecified atom stereocenters. The Kier molecular flexibility index (Phi) is 5.19. The summed E-state index contributed by atoms with van der Waals surface area (Å²) < 4.78 is 22.3. The van der Waals surface area contributed by atoms with E-state index >= 15 is 0 Å². The summed E-state index contributed by atoms with van der Waals surface area (Å²) in [5.41, 5.74) is 0.365. The number of hydrogen-bond acceptors (Lipinski definition) is 5. The second kappa shape index (κ2) is 6.65. The van der Waals surface area contributed by atoms with Crippen LogP contribution in [0.2, 0.25) is 0 Å². The number of imide groups is 1. The van der Waals surface area contributed by atoms with Gasteiger partial charge in [0.15, 0.2) is 6.10 Å². The zero-order valence-corrected chi connectivity index (χ0v) is 11.2. The van der Waals surface area contributed by atoms with E-state index in [0.29, 0.717) is 5.56 Å². The lowest BCUT2D eigenvalue weighted by Crippen LogP contribution is -2.39. The van der Waals surface area contributed by atoms with Crippen LogP contribution in [0.25, 0.3) is 0 Å². The van der Waals surface area contributed by atoms with Gasteiger partial charge in [-0.3, -0.25) is 10.1 Å². The maximum Gasteiger partial charge on any atom is 0.413 e. The Morgan fingerprint density at radius 1 is 1.30 bits per heavy atom. The number of methoxy groups -OCH3 is 1. The minimum absolute atomic E-state index is 0.0224. The van der Waals surface area contributed by atoms with Gasteiger partial charge in [0.05, 0.1) is 12.7 Å². The van der Waals surface area contributed by atoms with Crippen molar-refractivity contribution in [1.82, 2.24) is 5.32 Å². The summed E-state index contributed by atoms with van der Waals surface area (Å²) in [5, 5.41) is 1.86. The minimum atomic E-state index is -1.22. The van der Waals surface area contributed by atoms with Crippen molar-refractivity contribution in [3.8, 4) is 0 Å². The molecule has 0 heterocycles. The molecular formula is C13H14FNO5. The highest BCUT2D eigenvalue weighted by atomic mass is 19.1. The van der Waals surface area contributed by atoms with E-state index < -0.39 is 29.9 Å². The van der Waals surface area contributed by atoms with Crippen molar-refractivity contribution in [3.63, 3.8) is 0 Å². The number of esters is 1. The molecule has 20 heavy (non-hydrogen) atoms. The summed E-state index contributed by atoms with van der Waals surface area (Å²) >= 11 is 0. The number of ether oxygens (including phenoxy) is 2. The Morgan fingerprint density at radius 3 is 2.50 bits per heavy atom. The fraction of sp³-hybridized carbons (Fsp3) is 0.308. The third-order valence-electron chi connectivity index (χ3n) is 2.47. The number of benzene rings is 1. The Hall–Kier alpha value is -2.44. The number of nitrogens with one attached hydrogen (secondary N) is 1. The lowest BCUT2D eigenvalue weighted by molar-refractivity contribution is -0.128. The molecule has 1 rings (SSSR count). The van der Waals surface area contributed by atoms with Crippen molar-refractivity contribution in [3.05, 3.63) is 35.1 Å². The van der Waals surface area contributed by atoms with Crippen LogP contribution in [0.1, 0.15) is 22.8 Å². The van der Waals surface area contributed by atoms with Gasteiger partial charge in [-0.2, -0.15) is 0 Å². The molecule has 0 bridgehead atoms. The number of alkyl carbamates (subject to hydrolysis) is 1. The molecule has 0 fully saturated rings. The van der Waals surface area contributed by atoms with Crippen LogP contribution in [-0.4, -0.2) is 31.2 Å². The summed E-state index contributed by atoms with van der Waals surface area (Å²) in [4.78, 5) is 34.0. The van der Waals surface area contributed by atoms with Gasteiger partial charge in [-0.1, -0.05) is 6.07 Å². The van der Waals surface area contributed by atoms with E-state index in [1.807, 2.05) is 5.32 Å². The van der Waals surface area contributed by atoms with Gasteiger partial charge in [0.1, 0.15) is 5.82 Å². The first-order chi connectivity index (χ1) is 9.35. The second-order valence-electron chi connectivity index (χ2n) is 3.99. The normalized spacial score (nSPS) is 11.4. The Labute approximate surface area is 114 Å². The predicted molar refractivity (Wildman–Crippen MR) is 66.6 cm³/mol. The average Bonchev–Trinajstić information content (AvgIpc) is 2.41. The highest BCUT2D eigenvalue weighted by molar-refractivity contribution is 5.97. The van der Waals surface area contributed by atoms with E-state index in [-0.39, 0.29) is 5.56 Å². The number of hydrogen-bond donors (Lipinski definition) is 1. The molecule has 7 heteroatoms. The van der Waals surface area contributed by atoms with Gasteiger partial charge in [-0.15, -0.1) is 0 Å². The van der Waals surface area contributed by atoms with Crippen LogP contribution in [0.5, 0.6) is 0 Å². The van der Waals surface area contributed by atoms with Crippen LogP contribution >= 0.6 is 0 Å². The SMILES string of the molecule is COC(=O)NC(=O)[C@@H](C)OC(=O)c1ccc(C)c(F)c1. The van der Waals surface area contributed by atoms with Gasteiger partial charge < -0.3 is 9.47 Å². The highest BCUT2D eigenvalue weighted by Crippen LogP contribution is 2.11. The third-order valence-corrected chi connectivity index (χ3v) is 2.47. The van der Waals surface area contributed by atoms with Gasteiger partial charge in [0.25, 0.3) is 5.91 Å². The number of aryl methyl sites for hydroxylation is 1. The fourth-order valence-corrected chi connectivity index (χ4v) is 1.26. The largest absolute Gasteiger partial charge is 0.453 e. The molecular weight excluding hydrogens is 269 g/mol. The van der Waals surface area contributed by atoms with Crippen LogP contribution in [0, 0.1) is 12.7 Å². The van der Waals surface area contributed by atoms with Crippen molar-refractivity contribution in [2.75, 3.05) is 7.11 Å². The Bertz CT molecular complexity index is 544. The van der Waals surface area contributed by atoms with Crippen LogP contribution in [0.3, 0.4) is 0 Å². The molecule has 0 radical (unpaired) electrons. The van der Waals surface area contributed by atoms with Gasteiger partial charge in [-0.25, -0.2) is 14.0 Å². The first kappa shape index (κ1) is 15.6. The first-order valence-corrected chi connectivity index (χ1v) is 5.71. The van der Waals surface area contributed by atoms with Crippen molar-refractivity contribution in [2.24, 2.45) is 0 Å². The molecule has 0 aromatic heterocycles. The molecule has 0 saturated heterocycles. The van der Waals surface area contributed by atoms with Gasteiger partial charge in [0, 0.05) is 0 Å². The summed E-state index contributed by atoms with van der Waals surface area (Å²) in [6, 6.07) is 3.82.